The highest BCUT2D eigenvalue weighted by molar-refractivity contribution is 8.18. The zero-order valence-electron chi connectivity index (χ0n) is 25.9. The van der Waals surface area contributed by atoms with Gasteiger partial charge in [-0.3, -0.25) is 0 Å². The molecule has 0 aromatic rings. The highest BCUT2D eigenvalue weighted by atomic mass is 32.2. The number of unbranched alkanes of at least 4 members (excludes halogenated alkanes) is 2. The minimum Gasteiger partial charge on any atom is -0.393 e. The Morgan fingerprint density at radius 2 is 1.26 bits per heavy atom. The molecule has 0 unspecified atom stereocenters. The van der Waals surface area contributed by atoms with Crippen LogP contribution in [-0.4, -0.2) is 92.9 Å². The Bertz CT molecular complexity index is 589. The van der Waals surface area contributed by atoms with Gasteiger partial charge >= 0.3 is 0 Å². The lowest BCUT2D eigenvalue weighted by Crippen LogP contribution is -2.36. The van der Waals surface area contributed by atoms with E-state index in [-0.39, 0.29) is 28.5 Å². The van der Waals surface area contributed by atoms with Gasteiger partial charge in [0.15, 0.2) is 0 Å². The fraction of sp³-hybridized carbons (Fsp3) is 0.935. The molecule has 232 valence electrons. The van der Waals surface area contributed by atoms with Crippen LogP contribution in [0.25, 0.3) is 0 Å². The van der Waals surface area contributed by atoms with Crippen molar-refractivity contribution in [2.75, 3.05) is 47.1 Å². The standard InChI is InChI=1S/C31H60O6S2/c1-8-14-26(33-3)16-11-10-12-17-28(35-5)24-31(38-18-13-19-39-31)23-25(32)20-29(36-6)22-30(37-7)21-27(34-4)15-9-2/h9,25-30,32H,2,8,10-24H2,1,3-7H3/t25-,26+,27-,28+,29+,30-/m0/s1. The molecular formula is C31H60O6S2. The molecule has 1 aliphatic heterocycles. The zero-order chi connectivity index (χ0) is 28.9. The largest absolute Gasteiger partial charge is 0.393 e. The van der Waals surface area contributed by atoms with E-state index < -0.39 is 6.10 Å². The Kier molecular flexibility index (Phi) is 21.7. The summed E-state index contributed by atoms with van der Waals surface area (Å²) in [7, 11) is 8.89. The van der Waals surface area contributed by atoms with Gasteiger partial charge in [-0.15, -0.1) is 30.1 Å². The molecule has 1 rings (SSSR count). The number of hydrogen-bond acceptors (Lipinski definition) is 8. The monoisotopic (exact) mass is 592 g/mol. The fourth-order valence-electron chi connectivity index (χ4n) is 5.59. The number of methoxy groups -OCH3 is 5. The molecule has 1 heterocycles. The second kappa shape index (κ2) is 22.8. The summed E-state index contributed by atoms with van der Waals surface area (Å²) in [6.07, 6.45) is 16.1. The molecule has 0 aliphatic carbocycles. The number of thioether (sulfide) groups is 2. The number of ether oxygens (including phenoxy) is 5. The summed E-state index contributed by atoms with van der Waals surface area (Å²) >= 11 is 4.05. The van der Waals surface area contributed by atoms with Crippen molar-refractivity contribution in [1.82, 2.24) is 0 Å². The van der Waals surface area contributed by atoms with Crippen molar-refractivity contribution in [3.05, 3.63) is 12.7 Å². The summed E-state index contributed by atoms with van der Waals surface area (Å²) in [6, 6.07) is 0. The quantitative estimate of drug-likeness (QED) is 0.0877. The molecule has 0 aromatic heterocycles. The average Bonchev–Trinajstić information content (AvgIpc) is 2.94. The topological polar surface area (TPSA) is 66.4 Å². The highest BCUT2D eigenvalue weighted by Crippen LogP contribution is 2.49. The molecule has 0 radical (unpaired) electrons. The third-order valence-electron chi connectivity index (χ3n) is 7.95. The summed E-state index contributed by atoms with van der Waals surface area (Å²) in [5.74, 6) is 2.29. The molecule has 0 bridgehead atoms. The van der Waals surface area contributed by atoms with E-state index in [0.717, 1.165) is 62.9 Å². The minimum absolute atomic E-state index is 0.00925. The Balaban J connectivity index is 2.65. The Hall–Kier alpha value is 0.200. The molecule has 1 N–H and O–H groups in total. The maximum atomic E-state index is 11.3. The maximum absolute atomic E-state index is 11.3. The molecule has 1 saturated heterocycles. The lowest BCUT2D eigenvalue weighted by Gasteiger charge is -2.40. The number of rotatable bonds is 25. The number of aliphatic hydroxyl groups is 1. The number of hydrogen-bond donors (Lipinski definition) is 1. The van der Waals surface area contributed by atoms with Crippen LogP contribution >= 0.6 is 23.5 Å². The van der Waals surface area contributed by atoms with E-state index in [4.69, 9.17) is 23.7 Å². The smallest absolute Gasteiger partial charge is 0.0660 e. The van der Waals surface area contributed by atoms with Crippen molar-refractivity contribution in [3.8, 4) is 0 Å². The normalized spacial score (nSPS) is 20.2. The minimum atomic E-state index is -0.431. The lowest BCUT2D eigenvalue weighted by molar-refractivity contribution is -0.0267. The predicted molar refractivity (Wildman–Crippen MR) is 168 cm³/mol. The van der Waals surface area contributed by atoms with Gasteiger partial charge in [-0.25, -0.2) is 0 Å². The van der Waals surface area contributed by atoms with Gasteiger partial charge in [-0.1, -0.05) is 38.7 Å². The van der Waals surface area contributed by atoms with Gasteiger partial charge in [-0.2, -0.15) is 0 Å². The van der Waals surface area contributed by atoms with Gasteiger partial charge < -0.3 is 28.8 Å². The molecule has 8 heteroatoms. The van der Waals surface area contributed by atoms with Crippen LogP contribution in [0.4, 0.5) is 0 Å². The van der Waals surface area contributed by atoms with Gasteiger partial charge in [0.2, 0.25) is 0 Å². The van der Waals surface area contributed by atoms with Crippen molar-refractivity contribution >= 4 is 23.5 Å². The maximum Gasteiger partial charge on any atom is 0.0660 e. The van der Waals surface area contributed by atoms with Crippen LogP contribution in [-0.2, 0) is 23.7 Å². The molecule has 1 aliphatic rings. The van der Waals surface area contributed by atoms with E-state index >= 15 is 0 Å². The van der Waals surface area contributed by atoms with Crippen LogP contribution < -0.4 is 0 Å². The van der Waals surface area contributed by atoms with E-state index in [9.17, 15) is 5.11 Å². The van der Waals surface area contributed by atoms with E-state index in [2.05, 4.69) is 13.5 Å². The summed E-state index contributed by atoms with van der Waals surface area (Å²) in [4.78, 5) is 0. The first-order valence-electron chi connectivity index (χ1n) is 15.1. The second-order valence-corrected chi connectivity index (χ2v) is 14.2. The van der Waals surface area contributed by atoms with E-state index in [0.29, 0.717) is 12.5 Å². The summed E-state index contributed by atoms with van der Waals surface area (Å²) in [5, 5.41) is 11.3. The van der Waals surface area contributed by atoms with Crippen molar-refractivity contribution < 1.29 is 28.8 Å². The Morgan fingerprint density at radius 1 is 0.718 bits per heavy atom. The van der Waals surface area contributed by atoms with Crippen molar-refractivity contribution in [3.63, 3.8) is 0 Å². The van der Waals surface area contributed by atoms with Crippen LogP contribution in [0.5, 0.6) is 0 Å². The molecule has 0 amide bonds. The van der Waals surface area contributed by atoms with Gasteiger partial charge in [0.25, 0.3) is 0 Å². The van der Waals surface area contributed by atoms with Crippen molar-refractivity contribution in [2.45, 2.75) is 138 Å². The predicted octanol–water partition coefficient (Wildman–Crippen LogP) is 7.27. The summed E-state index contributed by atoms with van der Waals surface area (Å²) < 4.78 is 28.7. The first kappa shape index (κ1) is 37.2. The van der Waals surface area contributed by atoms with Gasteiger partial charge in [0.05, 0.1) is 40.7 Å². The van der Waals surface area contributed by atoms with Crippen molar-refractivity contribution in [2.24, 2.45) is 0 Å². The van der Waals surface area contributed by atoms with Crippen LogP contribution in [0.2, 0.25) is 0 Å². The van der Waals surface area contributed by atoms with Crippen LogP contribution in [0.1, 0.15) is 96.8 Å². The van der Waals surface area contributed by atoms with E-state index in [1.54, 1.807) is 21.3 Å². The molecule has 0 saturated carbocycles. The Morgan fingerprint density at radius 3 is 1.79 bits per heavy atom. The first-order valence-corrected chi connectivity index (χ1v) is 17.1. The van der Waals surface area contributed by atoms with Crippen LogP contribution in [0.15, 0.2) is 12.7 Å². The van der Waals surface area contributed by atoms with Crippen LogP contribution in [0, 0.1) is 0 Å². The Labute approximate surface area is 249 Å². The molecule has 1 fully saturated rings. The third kappa shape index (κ3) is 15.8. The second-order valence-electron chi connectivity index (χ2n) is 11.0. The van der Waals surface area contributed by atoms with Gasteiger partial charge in [0.1, 0.15) is 0 Å². The zero-order valence-corrected chi connectivity index (χ0v) is 27.5. The summed E-state index contributed by atoms with van der Waals surface area (Å²) in [6.45, 7) is 6.05. The molecule has 6 atom stereocenters. The lowest BCUT2D eigenvalue weighted by atomic mass is 9.96. The molecule has 0 spiro atoms. The average molecular weight is 593 g/mol. The van der Waals surface area contributed by atoms with Gasteiger partial charge in [0, 0.05) is 42.0 Å². The molecule has 6 nitrogen and oxygen atoms in total. The fourth-order valence-corrected chi connectivity index (χ4v) is 9.16. The molecule has 39 heavy (non-hydrogen) atoms. The van der Waals surface area contributed by atoms with Crippen molar-refractivity contribution in [1.29, 1.82) is 0 Å². The number of aliphatic hydroxyl groups excluding tert-OH is 1. The summed E-state index contributed by atoms with van der Waals surface area (Å²) in [5.41, 5.74) is 0. The van der Waals surface area contributed by atoms with E-state index in [1.807, 2.05) is 43.8 Å². The third-order valence-corrected chi connectivity index (χ3v) is 11.4. The molecular weight excluding hydrogens is 532 g/mol. The SMILES string of the molecule is C=CC[C@@H](C[C@@H](C[C@@H](C[C@H](O)CC1(C[C@@H](CCCCC[C@@H](CCC)OC)OC)SCCCS1)OC)OC)OC. The molecule has 0 aromatic carbocycles. The van der Waals surface area contributed by atoms with Gasteiger partial charge in [-0.05, 0) is 69.3 Å². The van der Waals surface area contributed by atoms with E-state index in [1.165, 1.54) is 32.1 Å². The highest BCUT2D eigenvalue weighted by Gasteiger charge is 2.38. The first-order chi connectivity index (χ1) is 18.9. The van der Waals surface area contributed by atoms with Crippen LogP contribution in [0.3, 0.4) is 0 Å².